The summed E-state index contributed by atoms with van der Waals surface area (Å²) in [5.41, 5.74) is 0.547. The van der Waals surface area contributed by atoms with E-state index in [1.165, 1.54) is 17.8 Å². The lowest BCUT2D eigenvalue weighted by molar-refractivity contribution is -0.113. The number of benzene rings is 1. The number of methoxy groups -OCH3 is 1. The highest BCUT2D eigenvalue weighted by molar-refractivity contribution is 8.00. The van der Waals surface area contributed by atoms with Crippen LogP contribution in [-0.4, -0.2) is 40.3 Å². The number of thioether (sulfide) groups is 1. The first-order valence-electron chi connectivity index (χ1n) is 6.08. The van der Waals surface area contributed by atoms with Gasteiger partial charge in [-0.15, -0.1) is 11.8 Å². The number of rotatable bonds is 6. The van der Waals surface area contributed by atoms with E-state index in [4.69, 9.17) is 4.74 Å². The zero-order chi connectivity index (χ0) is 14.6. The van der Waals surface area contributed by atoms with Crippen molar-refractivity contribution < 1.29 is 17.9 Å². The van der Waals surface area contributed by atoms with Crippen molar-refractivity contribution >= 4 is 33.4 Å². The standard InChI is InChI=1S/C12H16N2O4S2/c1-18-6-2-5-13-20(16,17)9-3-4-11-10(7-9)14-12(15)8-19-11/h3-4,7,13H,2,5-6,8H2,1H3,(H,14,15). The molecule has 0 radical (unpaired) electrons. The number of sulfonamides is 1. The third kappa shape index (κ3) is 3.72. The zero-order valence-electron chi connectivity index (χ0n) is 11.0. The van der Waals surface area contributed by atoms with Gasteiger partial charge in [0.15, 0.2) is 0 Å². The molecule has 0 fully saturated rings. The summed E-state index contributed by atoms with van der Waals surface area (Å²) in [5, 5.41) is 2.68. The van der Waals surface area contributed by atoms with E-state index in [2.05, 4.69) is 10.0 Å². The maximum atomic E-state index is 12.1. The molecular weight excluding hydrogens is 300 g/mol. The van der Waals surface area contributed by atoms with Gasteiger partial charge in [0, 0.05) is 25.2 Å². The molecule has 1 aliphatic rings. The third-order valence-electron chi connectivity index (χ3n) is 2.71. The Morgan fingerprint density at radius 3 is 3.00 bits per heavy atom. The number of ether oxygens (including phenoxy) is 1. The maximum absolute atomic E-state index is 12.1. The first-order valence-corrected chi connectivity index (χ1v) is 8.55. The van der Waals surface area contributed by atoms with Crippen LogP contribution in [0.15, 0.2) is 28.0 Å². The Balaban J connectivity index is 2.12. The van der Waals surface area contributed by atoms with Crippen LogP contribution in [0.25, 0.3) is 0 Å². The average molecular weight is 316 g/mol. The quantitative estimate of drug-likeness (QED) is 0.766. The molecular formula is C12H16N2O4S2. The van der Waals surface area contributed by atoms with Gasteiger partial charge in [-0.3, -0.25) is 4.79 Å². The summed E-state index contributed by atoms with van der Waals surface area (Å²) in [4.78, 5) is 12.3. The number of carbonyl (C=O) groups excluding carboxylic acids is 1. The maximum Gasteiger partial charge on any atom is 0.240 e. The number of hydrogen-bond donors (Lipinski definition) is 2. The van der Waals surface area contributed by atoms with Crippen LogP contribution in [0.4, 0.5) is 5.69 Å². The van der Waals surface area contributed by atoms with Crippen LogP contribution >= 0.6 is 11.8 Å². The predicted octanol–water partition coefficient (Wildman–Crippen LogP) is 1.05. The van der Waals surface area contributed by atoms with Gasteiger partial charge in [-0.05, 0) is 24.6 Å². The summed E-state index contributed by atoms with van der Waals surface area (Å²) in [6, 6.07) is 4.74. The molecule has 1 amide bonds. The largest absolute Gasteiger partial charge is 0.385 e. The molecule has 0 bridgehead atoms. The number of fused-ring (bicyclic) bond motifs is 1. The van der Waals surface area contributed by atoms with Crippen molar-refractivity contribution in [3.63, 3.8) is 0 Å². The summed E-state index contributed by atoms with van der Waals surface area (Å²) < 4.78 is 31.5. The van der Waals surface area contributed by atoms with E-state index in [0.717, 1.165) is 4.90 Å². The molecule has 2 rings (SSSR count). The summed E-state index contributed by atoms with van der Waals surface area (Å²) in [7, 11) is -1.99. The summed E-state index contributed by atoms with van der Waals surface area (Å²) >= 11 is 1.40. The van der Waals surface area contributed by atoms with Gasteiger partial charge >= 0.3 is 0 Å². The molecule has 1 aromatic carbocycles. The lowest BCUT2D eigenvalue weighted by atomic mass is 10.3. The average Bonchev–Trinajstić information content (AvgIpc) is 2.43. The minimum atomic E-state index is -3.56. The van der Waals surface area contributed by atoms with Crippen LogP contribution < -0.4 is 10.0 Å². The Morgan fingerprint density at radius 2 is 2.25 bits per heavy atom. The minimum Gasteiger partial charge on any atom is -0.385 e. The van der Waals surface area contributed by atoms with Crippen molar-refractivity contribution in [3.05, 3.63) is 18.2 Å². The van der Waals surface area contributed by atoms with Crippen molar-refractivity contribution in [1.29, 1.82) is 0 Å². The molecule has 1 aliphatic heterocycles. The van der Waals surface area contributed by atoms with E-state index in [9.17, 15) is 13.2 Å². The monoisotopic (exact) mass is 316 g/mol. The molecule has 6 nitrogen and oxygen atoms in total. The summed E-state index contributed by atoms with van der Waals surface area (Å²) in [6.45, 7) is 0.813. The lowest BCUT2D eigenvalue weighted by Crippen LogP contribution is -2.26. The van der Waals surface area contributed by atoms with Gasteiger partial charge in [-0.25, -0.2) is 13.1 Å². The second-order valence-corrected chi connectivity index (χ2v) is 7.02. The summed E-state index contributed by atoms with van der Waals surface area (Å²) in [6.07, 6.45) is 0.604. The molecule has 0 saturated heterocycles. The van der Waals surface area contributed by atoms with Gasteiger partial charge in [-0.1, -0.05) is 0 Å². The molecule has 20 heavy (non-hydrogen) atoms. The first kappa shape index (κ1) is 15.3. The second kappa shape index (κ2) is 6.57. The fourth-order valence-corrected chi connectivity index (χ4v) is 3.62. The van der Waals surface area contributed by atoms with Gasteiger partial charge in [0.1, 0.15) is 0 Å². The van der Waals surface area contributed by atoms with Crippen molar-refractivity contribution in [1.82, 2.24) is 4.72 Å². The Bertz CT molecular complexity index is 601. The van der Waals surface area contributed by atoms with Crippen LogP contribution in [0.1, 0.15) is 6.42 Å². The normalized spacial score (nSPS) is 14.8. The third-order valence-corrected chi connectivity index (χ3v) is 5.24. The zero-order valence-corrected chi connectivity index (χ0v) is 12.6. The number of anilines is 1. The Morgan fingerprint density at radius 1 is 1.45 bits per heavy atom. The second-order valence-electron chi connectivity index (χ2n) is 4.24. The number of nitrogens with one attached hydrogen (secondary N) is 2. The predicted molar refractivity (Wildman–Crippen MR) is 77.5 cm³/mol. The van der Waals surface area contributed by atoms with Gasteiger partial charge in [0.05, 0.1) is 16.3 Å². The van der Waals surface area contributed by atoms with Gasteiger partial charge in [-0.2, -0.15) is 0 Å². The van der Waals surface area contributed by atoms with Crippen LogP contribution in [0.3, 0.4) is 0 Å². The highest BCUT2D eigenvalue weighted by Crippen LogP contribution is 2.32. The fraction of sp³-hybridized carbons (Fsp3) is 0.417. The van der Waals surface area contributed by atoms with Gasteiger partial charge in [0.2, 0.25) is 15.9 Å². The van der Waals surface area contributed by atoms with E-state index in [0.29, 0.717) is 31.0 Å². The van der Waals surface area contributed by atoms with E-state index < -0.39 is 10.0 Å². The molecule has 2 N–H and O–H groups in total. The van der Waals surface area contributed by atoms with E-state index in [1.54, 1.807) is 19.2 Å². The highest BCUT2D eigenvalue weighted by Gasteiger charge is 2.20. The molecule has 0 atom stereocenters. The number of carbonyl (C=O) groups is 1. The minimum absolute atomic E-state index is 0.120. The number of amides is 1. The molecule has 0 unspecified atom stereocenters. The molecule has 1 aromatic rings. The molecule has 0 spiro atoms. The number of hydrogen-bond acceptors (Lipinski definition) is 5. The summed E-state index contributed by atoms with van der Waals surface area (Å²) in [5.74, 6) is 0.235. The van der Waals surface area contributed by atoms with Gasteiger partial charge in [0.25, 0.3) is 0 Å². The SMILES string of the molecule is COCCCNS(=O)(=O)c1ccc2c(c1)NC(=O)CS2. The smallest absolute Gasteiger partial charge is 0.240 e. The highest BCUT2D eigenvalue weighted by atomic mass is 32.2. The molecule has 1 heterocycles. The molecule has 110 valence electrons. The van der Waals surface area contributed by atoms with E-state index in [-0.39, 0.29) is 10.8 Å². The molecule has 0 saturated carbocycles. The first-order chi connectivity index (χ1) is 9.53. The fourth-order valence-electron chi connectivity index (χ4n) is 1.74. The van der Waals surface area contributed by atoms with Crippen molar-refractivity contribution in [3.8, 4) is 0 Å². The topological polar surface area (TPSA) is 84.5 Å². The van der Waals surface area contributed by atoms with Crippen molar-refractivity contribution in [2.75, 3.05) is 31.3 Å². The lowest BCUT2D eigenvalue weighted by Gasteiger charge is -2.17. The van der Waals surface area contributed by atoms with Gasteiger partial charge < -0.3 is 10.1 Å². The van der Waals surface area contributed by atoms with Crippen LogP contribution in [-0.2, 0) is 19.6 Å². The van der Waals surface area contributed by atoms with E-state index >= 15 is 0 Å². The van der Waals surface area contributed by atoms with Crippen LogP contribution in [0.5, 0.6) is 0 Å². The Labute approximate surface area is 122 Å². The molecule has 0 aromatic heterocycles. The van der Waals surface area contributed by atoms with Crippen molar-refractivity contribution in [2.24, 2.45) is 0 Å². The Hall–Kier alpha value is -1.09. The Kier molecular flexibility index (Phi) is 5.03. The van der Waals surface area contributed by atoms with Crippen molar-refractivity contribution in [2.45, 2.75) is 16.2 Å². The molecule has 8 heteroatoms. The van der Waals surface area contributed by atoms with E-state index in [1.807, 2.05) is 0 Å². The molecule has 0 aliphatic carbocycles. The van der Waals surface area contributed by atoms with Crippen LogP contribution in [0, 0.1) is 0 Å². The van der Waals surface area contributed by atoms with Crippen LogP contribution in [0.2, 0.25) is 0 Å².